The molecule has 36 heavy (non-hydrogen) atoms. The van der Waals surface area contributed by atoms with Gasteiger partial charge >= 0.3 is 6.09 Å². The van der Waals surface area contributed by atoms with E-state index in [2.05, 4.69) is 25.2 Å². The van der Waals surface area contributed by atoms with Crippen LogP contribution in [0.15, 0.2) is 30.9 Å². The summed E-state index contributed by atoms with van der Waals surface area (Å²) < 4.78 is 7.33. The molecule has 0 unspecified atom stereocenters. The summed E-state index contributed by atoms with van der Waals surface area (Å²) in [6.07, 6.45) is 6.49. The highest BCUT2D eigenvalue weighted by Crippen LogP contribution is 2.33. The van der Waals surface area contributed by atoms with Crippen LogP contribution in [0.2, 0.25) is 5.02 Å². The van der Waals surface area contributed by atoms with E-state index in [-0.39, 0.29) is 24.1 Å². The first-order chi connectivity index (χ1) is 17.1. The van der Waals surface area contributed by atoms with Gasteiger partial charge in [-0.15, -0.1) is 0 Å². The van der Waals surface area contributed by atoms with Crippen LogP contribution < -0.4 is 10.2 Å². The van der Waals surface area contributed by atoms with E-state index in [9.17, 15) is 9.59 Å². The molecule has 4 heterocycles. The third-order valence-electron chi connectivity index (χ3n) is 6.23. The van der Waals surface area contributed by atoms with Gasteiger partial charge in [-0.1, -0.05) is 11.6 Å². The zero-order chi connectivity index (χ0) is 25.6. The summed E-state index contributed by atoms with van der Waals surface area (Å²) in [6.45, 7) is 9.09. The Labute approximate surface area is 214 Å². The molecule has 1 aliphatic heterocycles. The molecule has 0 aromatic carbocycles. The average molecular weight is 512 g/mol. The third-order valence-corrected chi connectivity index (χ3v) is 6.46. The van der Waals surface area contributed by atoms with Gasteiger partial charge in [0.25, 0.3) is 5.91 Å². The number of nitrogens with zero attached hydrogens (tertiary/aromatic N) is 6. The van der Waals surface area contributed by atoms with Crippen LogP contribution in [0.5, 0.6) is 0 Å². The zero-order valence-corrected chi connectivity index (χ0v) is 21.6. The number of nitrogens with one attached hydrogen (secondary N) is 1. The van der Waals surface area contributed by atoms with Crippen molar-refractivity contribution in [3.05, 3.63) is 41.4 Å². The molecule has 3 aromatic rings. The molecule has 11 heteroatoms. The second-order valence-corrected chi connectivity index (χ2v) is 10.8. The molecule has 2 aliphatic rings. The number of amides is 2. The van der Waals surface area contributed by atoms with Crippen molar-refractivity contribution >= 4 is 40.5 Å². The van der Waals surface area contributed by atoms with E-state index in [1.807, 2.05) is 27.7 Å². The van der Waals surface area contributed by atoms with Crippen molar-refractivity contribution in [3.63, 3.8) is 0 Å². The predicted molar refractivity (Wildman–Crippen MR) is 137 cm³/mol. The standard InChI is InChI=1S/C25H30ClN7O3/c1-15-12-31(24(35)36-25(2,3)4)9-10-32(15)21-20-18(23(34)30-17-5-6-17)13-33(22(20)29-14-28-21)19-11-16(26)7-8-27-19/h7-8,11,13-15,17H,5-6,9-10,12H2,1-4H3,(H,30,34)/t15-/m0/s1. The van der Waals surface area contributed by atoms with Gasteiger partial charge in [-0.25, -0.2) is 19.7 Å². The summed E-state index contributed by atoms with van der Waals surface area (Å²) in [6, 6.07) is 3.57. The Balaban J connectivity index is 1.53. The lowest BCUT2D eigenvalue weighted by Crippen LogP contribution is -2.55. The van der Waals surface area contributed by atoms with Crippen molar-refractivity contribution < 1.29 is 14.3 Å². The Morgan fingerprint density at radius 2 is 1.94 bits per heavy atom. The van der Waals surface area contributed by atoms with Gasteiger partial charge in [0.1, 0.15) is 23.6 Å². The Morgan fingerprint density at radius 3 is 2.61 bits per heavy atom. The summed E-state index contributed by atoms with van der Waals surface area (Å²) in [7, 11) is 0. The second-order valence-electron chi connectivity index (χ2n) is 10.4. The molecule has 0 bridgehead atoms. The summed E-state index contributed by atoms with van der Waals surface area (Å²) in [5.74, 6) is 1.04. The molecular formula is C25H30ClN7O3. The predicted octanol–water partition coefficient (Wildman–Crippen LogP) is 3.81. The van der Waals surface area contributed by atoms with Crippen molar-refractivity contribution in [2.24, 2.45) is 0 Å². The van der Waals surface area contributed by atoms with Gasteiger partial charge in [-0.3, -0.25) is 9.36 Å². The van der Waals surface area contributed by atoms with Gasteiger partial charge in [0.05, 0.1) is 10.9 Å². The molecule has 1 N–H and O–H groups in total. The van der Waals surface area contributed by atoms with Crippen molar-refractivity contribution in [2.75, 3.05) is 24.5 Å². The maximum Gasteiger partial charge on any atom is 0.410 e. The highest BCUT2D eigenvalue weighted by atomic mass is 35.5. The number of fused-ring (bicyclic) bond motifs is 1. The van der Waals surface area contributed by atoms with E-state index in [1.165, 1.54) is 6.33 Å². The van der Waals surface area contributed by atoms with Crippen LogP contribution in [-0.2, 0) is 4.74 Å². The van der Waals surface area contributed by atoms with Gasteiger partial charge in [0.15, 0.2) is 5.65 Å². The molecule has 190 valence electrons. The molecule has 0 radical (unpaired) electrons. The van der Waals surface area contributed by atoms with Gasteiger partial charge in [0, 0.05) is 55.2 Å². The Morgan fingerprint density at radius 1 is 1.17 bits per heavy atom. The van der Waals surface area contributed by atoms with E-state index in [4.69, 9.17) is 16.3 Å². The third kappa shape index (κ3) is 4.95. The molecular weight excluding hydrogens is 482 g/mol. The van der Waals surface area contributed by atoms with Crippen LogP contribution in [0, 0.1) is 0 Å². The lowest BCUT2D eigenvalue weighted by atomic mass is 10.1. The fourth-order valence-corrected chi connectivity index (χ4v) is 4.54. The van der Waals surface area contributed by atoms with Gasteiger partial charge < -0.3 is 19.9 Å². The van der Waals surface area contributed by atoms with Gasteiger partial charge in [-0.05, 0) is 46.6 Å². The van der Waals surface area contributed by atoms with Crippen LogP contribution in [0.25, 0.3) is 16.9 Å². The Kier molecular flexibility index (Phi) is 6.23. The van der Waals surface area contributed by atoms with Crippen molar-refractivity contribution in [1.82, 2.24) is 29.7 Å². The summed E-state index contributed by atoms with van der Waals surface area (Å²) in [5, 5.41) is 4.26. The largest absolute Gasteiger partial charge is 0.444 e. The normalized spacial score (nSPS) is 18.4. The maximum atomic E-state index is 13.3. The fraction of sp³-hybridized carbons (Fsp3) is 0.480. The van der Waals surface area contributed by atoms with Gasteiger partial charge in [-0.2, -0.15) is 0 Å². The molecule has 2 fully saturated rings. The average Bonchev–Trinajstić information content (AvgIpc) is 3.53. The minimum absolute atomic E-state index is 0.0589. The summed E-state index contributed by atoms with van der Waals surface area (Å²) in [4.78, 5) is 43.3. The number of hydrogen-bond acceptors (Lipinski definition) is 7. The van der Waals surface area contributed by atoms with Crippen LogP contribution in [0.3, 0.4) is 0 Å². The highest BCUT2D eigenvalue weighted by molar-refractivity contribution is 6.30. The molecule has 1 saturated carbocycles. The Bertz CT molecular complexity index is 1310. The van der Waals surface area contributed by atoms with Gasteiger partial charge in [0.2, 0.25) is 0 Å². The lowest BCUT2D eigenvalue weighted by Gasteiger charge is -2.41. The molecule has 1 saturated heterocycles. The number of piperazine rings is 1. The highest BCUT2D eigenvalue weighted by Gasteiger charge is 2.33. The van der Waals surface area contributed by atoms with E-state index in [0.717, 1.165) is 12.8 Å². The SMILES string of the molecule is C[C@H]1CN(C(=O)OC(C)(C)C)CCN1c1ncnc2c1c(C(=O)NC1CC1)cn2-c1cc(Cl)ccn1. The van der Waals surface area contributed by atoms with E-state index in [1.54, 1.807) is 34.0 Å². The first kappa shape index (κ1) is 24.3. The summed E-state index contributed by atoms with van der Waals surface area (Å²) in [5.41, 5.74) is 0.491. The lowest BCUT2D eigenvalue weighted by molar-refractivity contribution is 0.0218. The topological polar surface area (TPSA) is 105 Å². The van der Waals surface area contributed by atoms with E-state index in [0.29, 0.717) is 52.9 Å². The molecule has 3 aromatic heterocycles. The molecule has 0 spiro atoms. The van der Waals surface area contributed by atoms with Crippen molar-refractivity contribution in [3.8, 4) is 5.82 Å². The fourth-order valence-electron chi connectivity index (χ4n) is 4.39. The number of anilines is 1. The zero-order valence-electron chi connectivity index (χ0n) is 20.9. The van der Waals surface area contributed by atoms with Crippen LogP contribution in [0.4, 0.5) is 10.6 Å². The molecule has 5 rings (SSSR count). The molecule has 10 nitrogen and oxygen atoms in total. The first-order valence-corrected chi connectivity index (χ1v) is 12.5. The van der Waals surface area contributed by atoms with E-state index < -0.39 is 5.60 Å². The second kappa shape index (κ2) is 9.24. The number of carbonyl (C=O) groups excluding carboxylic acids is 2. The number of pyridine rings is 1. The number of rotatable bonds is 4. The molecule has 1 atom stereocenters. The first-order valence-electron chi connectivity index (χ1n) is 12.1. The van der Waals surface area contributed by atoms with Crippen LogP contribution in [-0.4, -0.2) is 73.7 Å². The number of hydrogen-bond donors (Lipinski definition) is 1. The monoisotopic (exact) mass is 511 g/mol. The van der Waals surface area contributed by atoms with Crippen LogP contribution >= 0.6 is 11.6 Å². The minimum atomic E-state index is -0.558. The van der Waals surface area contributed by atoms with Crippen molar-refractivity contribution in [2.45, 2.75) is 58.2 Å². The summed E-state index contributed by atoms with van der Waals surface area (Å²) >= 11 is 6.23. The Hall–Kier alpha value is -3.40. The molecule has 2 amide bonds. The number of aromatic nitrogens is 4. The number of halogens is 1. The molecule has 1 aliphatic carbocycles. The smallest absolute Gasteiger partial charge is 0.410 e. The van der Waals surface area contributed by atoms with Crippen molar-refractivity contribution in [1.29, 1.82) is 0 Å². The quantitative estimate of drug-likeness (QED) is 0.567. The number of ether oxygens (including phenoxy) is 1. The van der Waals surface area contributed by atoms with Crippen LogP contribution in [0.1, 0.15) is 50.9 Å². The number of carbonyl (C=O) groups is 2. The van der Waals surface area contributed by atoms with E-state index >= 15 is 0 Å². The maximum absolute atomic E-state index is 13.3. The minimum Gasteiger partial charge on any atom is -0.444 e.